The highest BCUT2D eigenvalue weighted by molar-refractivity contribution is 7.80. The molecule has 0 saturated heterocycles. The van der Waals surface area contributed by atoms with Crippen molar-refractivity contribution in [3.63, 3.8) is 0 Å². The summed E-state index contributed by atoms with van der Waals surface area (Å²) in [6.45, 7) is 1.86. The lowest BCUT2D eigenvalue weighted by Crippen LogP contribution is -2.09. The second-order valence-corrected chi connectivity index (χ2v) is 3.85. The fraction of sp³-hybridized carbons (Fsp3) is 0.333. The van der Waals surface area contributed by atoms with Gasteiger partial charge in [0.05, 0.1) is 25.2 Å². The molecule has 0 aliphatic rings. The van der Waals surface area contributed by atoms with E-state index in [4.69, 9.17) is 15.1 Å². The second-order valence-electron chi connectivity index (χ2n) is 3.40. The van der Waals surface area contributed by atoms with Crippen LogP contribution >= 0.6 is 12.6 Å². The normalized spacial score (nSPS) is 9.76. The molecule has 0 radical (unpaired) electrons. The Morgan fingerprint density at radius 3 is 2.82 bits per heavy atom. The van der Waals surface area contributed by atoms with E-state index < -0.39 is 0 Å². The number of aliphatic hydroxyl groups excluding tert-OH is 1. The summed E-state index contributed by atoms with van der Waals surface area (Å²) in [7, 11) is 0. The van der Waals surface area contributed by atoms with Gasteiger partial charge in [0, 0.05) is 4.90 Å². The van der Waals surface area contributed by atoms with E-state index in [1.165, 1.54) is 0 Å². The number of nitriles is 1. The van der Waals surface area contributed by atoms with Crippen molar-refractivity contribution < 1.29 is 14.6 Å². The molecule has 0 bridgehead atoms. The van der Waals surface area contributed by atoms with Gasteiger partial charge in [-0.2, -0.15) is 5.26 Å². The van der Waals surface area contributed by atoms with Crippen LogP contribution in [0, 0.1) is 11.3 Å². The maximum Gasteiger partial charge on any atom is 0.310 e. The number of aliphatic hydroxyl groups is 1. The van der Waals surface area contributed by atoms with Crippen LogP contribution in [0.4, 0.5) is 0 Å². The molecule has 1 aromatic rings. The number of hydrogen-bond donors (Lipinski definition) is 2. The van der Waals surface area contributed by atoms with Gasteiger partial charge in [-0.3, -0.25) is 4.79 Å². The van der Waals surface area contributed by atoms with Crippen LogP contribution in [0.15, 0.2) is 17.0 Å². The molecule has 0 aliphatic carbocycles. The third kappa shape index (κ3) is 3.48. The highest BCUT2D eigenvalue weighted by Crippen LogP contribution is 2.22. The maximum absolute atomic E-state index is 11.4. The van der Waals surface area contributed by atoms with Crippen molar-refractivity contribution in [3.8, 4) is 6.07 Å². The van der Waals surface area contributed by atoms with Crippen LogP contribution < -0.4 is 0 Å². The van der Waals surface area contributed by atoms with Gasteiger partial charge >= 0.3 is 5.97 Å². The van der Waals surface area contributed by atoms with E-state index in [2.05, 4.69) is 12.6 Å². The highest BCUT2D eigenvalue weighted by atomic mass is 32.1. The zero-order valence-electron chi connectivity index (χ0n) is 9.43. The lowest BCUT2D eigenvalue weighted by molar-refractivity contribution is -0.142. The molecule has 0 aromatic heterocycles. The molecule has 0 heterocycles. The minimum atomic E-state index is -0.373. The first-order chi connectivity index (χ1) is 8.12. The van der Waals surface area contributed by atoms with Gasteiger partial charge in [0.15, 0.2) is 0 Å². The predicted molar refractivity (Wildman–Crippen MR) is 64.7 cm³/mol. The van der Waals surface area contributed by atoms with Crippen molar-refractivity contribution in [1.29, 1.82) is 5.26 Å². The summed E-state index contributed by atoms with van der Waals surface area (Å²) < 4.78 is 4.83. The third-order valence-corrected chi connectivity index (χ3v) is 2.72. The van der Waals surface area contributed by atoms with E-state index in [0.717, 1.165) is 0 Å². The molecule has 1 aromatic carbocycles. The molecular formula is C12H13NO3S. The lowest BCUT2D eigenvalue weighted by Gasteiger charge is -2.08. The van der Waals surface area contributed by atoms with Crippen molar-refractivity contribution in [2.75, 3.05) is 6.61 Å². The topological polar surface area (TPSA) is 70.3 Å². The average molecular weight is 251 g/mol. The molecule has 1 rings (SSSR count). The minimum absolute atomic E-state index is 0.0508. The average Bonchev–Trinajstić information content (AvgIpc) is 2.32. The van der Waals surface area contributed by atoms with Gasteiger partial charge in [-0.1, -0.05) is 6.07 Å². The van der Waals surface area contributed by atoms with Crippen LogP contribution in [0.5, 0.6) is 0 Å². The maximum atomic E-state index is 11.4. The standard InChI is InChI=1S/C12H13NO3S/c1-2-16-11(15)5-9-3-8(7-14)4-10(6-13)12(9)17/h3-4,14,17H,2,5,7H2,1H3. The Balaban J connectivity index is 3.06. The highest BCUT2D eigenvalue weighted by Gasteiger charge is 2.12. The Hall–Kier alpha value is -1.51. The van der Waals surface area contributed by atoms with Crippen molar-refractivity contribution >= 4 is 18.6 Å². The van der Waals surface area contributed by atoms with Crippen molar-refractivity contribution in [2.45, 2.75) is 24.8 Å². The Morgan fingerprint density at radius 2 is 2.29 bits per heavy atom. The molecule has 4 nitrogen and oxygen atoms in total. The zero-order chi connectivity index (χ0) is 12.8. The Kier molecular flexibility index (Phi) is 5.01. The summed E-state index contributed by atoms with van der Waals surface area (Å²) in [5, 5.41) is 18.0. The first-order valence-corrected chi connectivity index (χ1v) is 5.58. The molecule has 1 N–H and O–H groups in total. The van der Waals surface area contributed by atoms with Crippen molar-refractivity contribution in [1.82, 2.24) is 0 Å². The molecule has 0 atom stereocenters. The minimum Gasteiger partial charge on any atom is -0.466 e. The van der Waals surface area contributed by atoms with E-state index in [1.807, 2.05) is 6.07 Å². The quantitative estimate of drug-likeness (QED) is 0.627. The van der Waals surface area contributed by atoms with Crippen molar-refractivity contribution in [2.24, 2.45) is 0 Å². The van der Waals surface area contributed by atoms with E-state index in [0.29, 0.717) is 28.2 Å². The number of ether oxygens (including phenoxy) is 1. The molecule has 5 heteroatoms. The van der Waals surface area contributed by atoms with E-state index in [9.17, 15) is 4.79 Å². The Bertz CT molecular complexity index is 466. The van der Waals surface area contributed by atoms with E-state index in [1.54, 1.807) is 19.1 Å². The summed E-state index contributed by atoms with van der Waals surface area (Å²) in [6, 6.07) is 5.18. The molecule has 0 saturated carbocycles. The predicted octanol–water partition coefficient (Wildman–Crippen LogP) is 1.44. The fourth-order valence-corrected chi connectivity index (χ4v) is 1.70. The molecule has 0 unspecified atom stereocenters. The van der Waals surface area contributed by atoms with Gasteiger partial charge < -0.3 is 9.84 Å². The number of esters is 1. The SMILES string of the molecule is CCOC(=O)Cc1cc(CO)cc(C#N)c1S. The van der Waals surface area contributed by atoms with Crippen LogP contribution in [0.2, 0.25) is 0 Å². The third-order valence-electron chi connectivity index (χ3n) is 2.19. The largest absolute Gasteiger partial charge is 0.466 e. The summed E-state index contributed by atoms with van der Waals surface area (Å²) in [6.07, 6.45) is 0.0508. The molecule has 0 aliphatic heterocycles. The van der Waals surface area contributed by atoms with Gasteiger partial charge in [0.1, 0.15) is 6.07 Å². The molecule has 0 amide bonds. The second kappa shape index (κ2) is 6.28. The van der Waals surface area contributed by atoms with Crippen LogP contribution in [-0.4, -0.2) is 17.7 Å². The summed E-state index contributed by atoms with van der Waals surface area (Å²) in [5.74, 6) is -0.373. The molecule has 17 heavy (non-hydrogen) atoms. The first kappa shape index (κ1) is 13.6. The Morgan fingerprint density at radius 1 is 1.59 bits per heavy atom. The Labute approximate surface area is 105 Å². The van der Waals surface area contributed by atoms with Gasteiger partial charge in [-0.15, -0.1) is 12.6 Å². The molecular weight excluding hydrogens is 238 g/mol. The zero-order valence-corrected chi connectivity index (χ0v) is 10.3. The number of carbonyl (C=O) groups excluding carboxylic acids is 1. The van der Waals surface area contributed by atoms with Gasteiger partial charge in [0.25, 0.3) is 0 Å². The van der Waals surface area contributed by atoms with Gasteiger partial charge in [0.2, 0.25) is 0 Å². The summed E-state index contributed by atoms with van der Waals surface area (Å²) >= 11 is 4.21. The summed E-state index contributed by atoms with van der Waals surface area (Å²) in [5.41, 5.74) is 1.52. The van der Waals surface area contributed by atoms with Crippen LogP contribution in [0.1, 0.15) is 23.6 Å². The number of carbonyl (C=O) groups is 1. The number of hydrogen-bond acceptors (Lipinski definition) is 5. The van der Waals surface area contributed by atoms with Crippen LogP contribution in [-0.2, 0) is 22.6 Å². The van der Waals surface area contributed by atoms with E-state index >= 15 is 0 Å². The van der Waals surface area contributed by atoms with Gasteiger partial charge in [-0.25, -0.2) is 0 Å². The number of thiol groups is 1. The van der Waals surface area contributed by atoms with Gasteiger partial charge in [-0.05, 0) is 24.1 Å². The van der Waals surface area contributed by atoms with Crippen LogP contribution in [0.25, 0.3) is 0 Å². The smallest absolute Gasteiger partial charge is 0.310 e. The fourth-order valence-electron chi connectivity index (χ4n) is 1.44. The van der Waals surface area contributed by atoms with E-state index in [-0.39, 0.29) is 19.0 Å². The number of benzene rings is 1. The molecule has 0 spiro atoms. The monoisotopic (exact) mass is 251 g/mol. The first-order valence-electron chi connectivity index (χ1n) is 5.13. The molecule has 90 valence electrons. The number of rotatable bonds is 4. The number of nitrogens with zero attached hydrogens (tertiary/aromatic N) is 1. The lowest BCUT2D eigenvalue weighted by atomic mass is 10.0. The molecule has 0 fully saturated rings. The summed E-state index contributed by atoms with van der Waals surface area (Å²) in [4.78, 5) is 11.8. The van der Waals surface area contributed by atoms with Crippen molar-refractivity contribution in [3.05, 3.63) is 28.8 Å². The van der Waals surface area contributed by atoms with Crippen LogP contribution in [0.3, 0.4) is 0 Å².